The highest BCUT2D eigenvalue weighted by atomic mass is 16.5. The van der Waals surface area contributed by atoms with Crippen molar-refractivity contribution in [3.05, 3.63) is 0 Å². The number of aliphatic hydroxyl groups is 2. The monoisotopic (exact) mass is 288 g/mol. The largest absolute Gasteiger partial charge is 0.481 e. The van der Waals surface area contributed by atoms with Crippen molar-refractivity contribution in [2.75, 3.05) is 19.8 Å². The lowest BCUT2D eigenvalue weighted by molar-refractivity contribution is -0.160. The van der Waals surface area contributed by atoms with Gasteiger partial charge in [0.2, 0.25) is 0 Å². The third kappa shape index (κ3) is 5.09. The first-order chi connectivity index (χ1) is 9.60. The Morgan fingerprint density at radius 3 is 2.30 bits per heavy atom. The number of aliphatic hydroxyl groups excluding tert-OH is 2. The van der Waals surface area contributed by atoms with Crippen LogP contribution in [0.15, 0.2) is 0 Å². The minimum atomic E-state index is -0.930. The molecule has 0 saturated heterocycles. The van der Waals surface area contributed by atoms with Crippen molar-refractivity contribution in [3.8, 4) is 0 Å². The van der Waals surface area contributed by atoms with Gasteiger partial charge in [0.25, 0.3) is 0 Å². The Bertz CT molecular complexity index is 317. The number of carbonyl (C=O) groups excluding carboxylic acids is 1. The molecular formula is C14H24O6. The maximum Gasteiger partial charge on any atom is 0.309 e. The van der Waals surface area contributed by atoms with Crippen molar-refractivity contribution in [1.82, 2.24) is 0 Å². The predicted octanol–water partition coefficient (Wildman–Crippen LogP) is 0.802. The van der Waals surface area contributed by atoms with Crippen LogP contribution in [-0.4, -0.2) is 47.1 Å². The van der Waals surface area contributed by atoms with E-state index in [2.05, 4.69) is 0 Å². The molecule has 20 heavy (non-hydrogen) atoms. The Morgan fingerprint density at radius 2 is 1.75 bits per heavy atom. The summed E-state index contributed by atoms with van der Waals surface area (Å²) in [7, 11) is 0. The van der Waals surface area contributed by atoms with Crippen LogP contribution in [0.5, 0.6) is 0 Å². The van der Waals surface area contributed by atoms with Gasteiger partial charge in [-0.05, 0) is 31.6 Å². The minimum Gasteiger partial charge on any atom is -0.481 e. The van der Waals surface area contributed by atoms with Crippen LogP contribution in [-0.2, 0) is 14.3 Å². The van der Waals surface area contributed by atoms with E-state index in [0.717, 1.165) is 12.8 Å². The average Bonchev–Trinajstić information content (AvgIpc) is 2.46. The lowest BCUT2D eigenvalue weighted by Gasteiger charge is -2.26. The highest BCUT2D eigenvalue weighted by molar-refractivity contribution is 5.81. The highest BCUT2D eigenvalue weighted by Crippen LogP contribution is 2.31. The van der Waals surface area contributed by atoms with Crippen LogP contribution in [0.3, 0.4) is 0 Å². The first-order valence-corrected chi connectivity index (χ1v) is 7.21. The molecule has 3 atom stereocenters. The highest BCUT2D eigenvalue weighted by Gasteiger charge is 2.36. The van der Waals surface area contributed by atoms with Crippen molar-refractivity contribution >= 4 is 11.9 Å². The number of rotatable bonds is 8. The van der Waals surface area contributed by atoms with Crippen LogP contribution in [0, 0.1) is 17.8 Å². The van der Waals surface area contributed by atoms with Crippen LogP contribution in [0.2, 0.25) is 0 Å². The molecule has 1 aliphatic carbocycles. The van der Waals surface area contributed by atoms with Gasteiger partial charge in [0.15, 0.2) is 0 Å². The van der Waals surface area contributed by atoms with E-state index in [1.807, 2.05) is 0 Å². The summed E-state index contributed by atoms with van der Waals surface area (Å²) in [5, 5.41) is 27.0. The fourth-order valence-electron chi connectivity index (χ4n) is 2.65. The number of carboxylic acid groups (broad SMARTS) is 1. The molecule has 0 bridgehead atoms. The number of aliphatic carboxylic acids is 1. The van der Waals surface area contributed by atoms with Crippen molar-refractivity contribution in [3.63, 3.8) is 0 Å². The summed E-state index contributed by atoms with van der Waals surface area (Å²) in [5.74, 6) is -2.65. The summed E-state index contributed by atoms with van der Waals surface area (Å²) in [6.07, 6.45) is 3.73. The zero-order valence-electron chi connectivity index (χ0n) is 11.7. The Balaban J connectivity index is 2.38. The molecule has 0 aromatic rings. The number of hydrogen-bond acceptors (Lipinski definition) is 5. The molecule has 0 aliphatic heterocycles. The normalized spacial score (nSPS) is 24.1. The molecule has 6 nitrogen and oxygen atoms in total. The Hall–Kier alpha value is -1.14. The molecule has 0 spiro atoms. The van der Waals surface area contributed by atoms with E-state index in [9.17, 15) is 9.59 Å². The third-order valence-electron chi connectivity index (χ3n) is 3.95. The number of esters is 1. The third-order valence-corrected chi connectivity index (χ3v) is 3.95. The second-order valence-corrected chi connectivity index (χ2v) is 5.35. The first kappa shape index (κ1) is 16.9. The molecule has 1 aliphatic rings. The SMILES string of the molecule is O=C(O)C1CCCCC1C(=O)OCCC(CO)CCO. The summed E-state index contributed by atoms with van der Waals surface area (Å²) in [6, 6.07) is 0. The summed E-state index contributed by atoms with van der Waals surface area (Å²) in [4.78, 5) is 23.1. The molecule has 3 unspecified atom stereocenters. The molecule has 0 radical (unpaired) electrons. The topological polar surface area (TPSA) is 104 Å². The van der Waals surface area contributed by atoms with Gasteiger partial charge in [-0.15, -0.1) is 0 Å². The van der Waals surface area contributed by atoms with E-state index < -0.39 is 23.8 Å². The predicted molar refractivity (Wildman–Crippen MR) is 70.9 cm³/mol. The maximum absolute atomic E-state index is 11.9. The van der Waals surface area contributed by atoms with Crippen LogP contribution >= 0.6 is 0 Å². The van der Waals surface area contributed by atoms with Crippen molar-refractivity contribution < 1.29 is 29.6 Å². The van der Waals surface area contributed by atoms with E-state index in [1.54, 1.807) is 0 Å². The zero-order chi connectivity index (χ0) is 15.0. The van der Waals surface area contributed by atoms with Crippen molar-refractivity contribution in [1.29, 1.82) is 0 Å². The van der Waals surface area contributed by atoms with Gasteiger partial charge < -0.3 is 20.1 Å². The molecule has 1 rings (SSSR count). The van der Waals surface area contributed by atoms with Gasteiger partial charge in [-0.2, -0.15) is 0 Å². The molecule has 1 saturated carbocycles. The number of hydrogen-bond donors (Lipinski definition) is 3. The summed E-state index contributed by atoms with van der Waals surface area (Å²) < 4.78 is 5.15. The van der Waals surface area contributed by atoms with Crippen LogP contribution in [0.4, 0.5) is 0 Å². The number of ether oxygens (including phenoxy) is 1. The van der Waals surface area contributed by atoms with Gasteiger partial charge in [-0.25, -0.2) is 0 Å². The van der Waals surface area contributed by atoms with E-state index in [4.69, 9.17) is 20.1 Å². The Labute approximate surface area is 118 Å². The standard InChI is InChI=1S/C14H24O6/c15-7-5-10(9-16)6-8-20-14(19)12-4-2-1-3-11(12)13(17)18/h10-12,15-16H,1-9H2,(H,17,18). The fourth-order valence-corrected chi connectivity index (χ4v) is 2.65. The quantitative estimate of drug-likeness (QED) is 0.571. The smallest absolute Gasteiger partial charge is 0.309 e. The zero-order valence-corrected chi connectivity index (χ0v) is 11.7. The van der Waals surface area contributed by atoms with Gasteiger partial charge >= 0.3 is 11.9 Å². The second kappa shape index (κ2) is 8.92. The van der Waals surface area contributed by atoms with Gasteiger partial charge in [0, 0.05) is 13.2 Å². The van der Waals surface area contributed by atoms with Gasteiger partial charge in [-0.3, -0.25) is 9.59 Å². The average molecular weight is 288 g/mol. The van der Waals surface area contributed by atoms with Gasteiger partial charge in [0.1, 0.15) is 0 Å². The molecule has 116 valence electrons. The maximum atomic E-state index is 11.9. The van der Waals surface area contributed by atoms with Crippen LogP contribution in [0.1, 0.15) is 38.5 Å². The van der Waals surface area contributed by atoms with Gasteiger partial charge in [-0.1, -0.05) is 12.8 Å². The van der Waals surface area contributed by atoms with E-state index in [1.165, 1.54) is 0 Å². The molecular weight excluding hydrogens is 264 g/mol. The van der Waals surface area contributed by atoms with Crippen molar-refractivity contribution in [2.24, 2.45) is 17.8 Å². The lowest BCUT2D eigenvalue weighted by Crippen LogP contribution is -2.34. The van der Waals surface area contributed by atoms with Gasteiger partial charge in [0.05, 0.1) is 18.4 Å². The summed E-state index contributed by atoms with van der Waals surface area (Å²) in [5.41, 5.74) is 0. The molecule has 3 N–H and O–H groups in total. The molecule has 6 heteroatoms. The number of carbonyl (C=O) groups is 2. The molecule has 0 amide bonds. The van der Waals surface area contributed by atoms with E-state index >= 15 is 0 Å². The molecule has 0 heterocycles. The minimum absolute atomic E-state index is 0.0110. The summed E-state index contributed by atoms with van der Waals surface area (Å²) in [6.45, 7) is 0.0923. The fraction of sp³-hybridized carbons (Fsp3) is 0.857. The number of carboxylic acids is 1. The van der Waals surface area contributed by atoms with Crippen molar-refractivity contribution in [2.45, 2.75) is 38.5 Å². The molecule has 1 fully saturated rings. The summed E-state index contributed by atoms with van der Waals surface area (Å²) >= 11 is 0. The van der Waals surface area contributed by atoms with E-state index in [-0.39, 0.29) is 25.7 Å². The molecule has 0 aromatic carbocycles. The first-order valence-electron chi connectivity index (χ1n) is 7.21. The lowest BCUT2D eigenvalue weighted by atomic mass is 9.79. The van der Waals surface area contributed by atoms with Crippen LogP contribution < -0.4 is 0 Å². The second-order valence-electron chi connectivity index (χ2n) is 5.35. The van der Waals surface area contributed by atoms with E-state index in [0.29, 0.717) is 25.7 Å². The Morgan fingerprint density at radius 1 is 1.10 bits per heavy atom. The van der Waals surface area contributed by atoms with Crippen LogP contribution in [0.25, 0.3) is 0 Å². The molecule has 0 aromatic heterocycles. The Kier molecular flexibility index (Phi) is 7.54.